The van der Waals surface area contributed by atoms with Crippen LogP contribution in [0.2, 0.25) is 0 Å². The predicted molar refractivity (Wildman–Crippen MR) is 76.1 cm³/mol. The third-order valence-electron chi connectivity index (χ3n) is 3.92. The number of fused-ring (bicyclic) bond motifs is 1. The number of hydrogen-bond acceptors (Lipinski definition) is 3. The lowest BCUT2D eigenvalue weighted by Gasteiger charge is -2.12. The summed E-state index contributed by atoms with van der Waals surface area (Å²) >= 11 is 0. The van der Waals surface area contributed by atoms with E-state index in [1.165, 1.54) is 12.8 Å². The summed E-state index contributed by atoms with van der Waals surface area (Å²) in [6, 6.07) is 4.08. The highest BCUT2D eigenvalue weighted by atomic mass is 16.3. The summed E-state index contributed by atoms with van der Waals surface area (Å²) in [6.07, 6.45) is 8.08. The van der Waals surface area contributed by atoms with Crippen LogP contribution in [0.25, 0.3) is 11.0 Å². The molecule has 1 amide bonds. The molecule has 5 heteroatoms. The fraction of sp³-hybridized carbons (Fsp3) is 0.467. The number of amides is 1. The van der Waals surface area contributed by atoms with Crippen molar-refractivity contribution >= 4 is 16.9 Å². The molecular formula is C15H19N3O2. The van der Waals surface area contributed by atoms with Crippen LogP contribution >= 0.6 is 0 Å². The molecule has 0 radical (unpaired) electrons. The van der Waals surface area contributed by atoms with Crippen LogP contribution in [0.4, 0.5) is 0 Å². The molecular weight excluding hydrogens is 254 g/mol. The number of carbonyl (C=O) groups excluding carboxylic acids is 1. The van der Waals surface area contributed by atoms with Crippen LogP contribution in [0.15, 0.2) is 24.5 Å². The molecule has 0 unspecified atom stereocenters. The third-order valence-corrected chi connectivity index (χ3v) is 3.92. The number of hydrogen-bond donors (Lipinski definition) is 2. The molecule has 0 bridgehead atoms. The topological polar surface area (TPSA) is 67.2 Å². The molecule has 20 heavy (non-hydrogen) atoms. The number of nitrogens with zero attached hydrogens (tertiary/aromatic N) is 2. The number of aliphatic hydroxyl groups excluding tert-OH is 1. The van der Waals surface area contributed by atoms with Gasteiger partial charge in [0.15, 0.2) is 0 Å². The van der Waals surface area contributed by atoms with E-state index < -0.39 is 0 Å². The molecule has 2 heterocycles. The molecule has 0 aliphatic heterocycles. The Morgan fingerprint density at radius 3 is 3.00 bits per heavy atom. The predicted octanol–water partition coefficient (Wildman–Crippen LogP) is 1.59. The second-order valence-electron chi connectivity index (χ2n) is 5.36. The minimum Gasteiger partial charge on any atom is -0.392 e. The van der Waals surface area contributed by atoms with Gasteiger partial charge in [0, 0.05) is 29.4 Å². The van der Waals surface area contributed by atoms with Crippen molar-refractivity contribution in [3.8, 4) is 0 Å². The van der Waals surface area contributed by atoms with E-state index in [4.69, 9.17) is 0 Å². The molecule has 1 saturated carbocycles. The Hall–Kier alpha value is -1.88. The quantitative estimate of drug-likeness (QED) is 0.889. The number of aromatic nitrogens is 2. The molecule has 0 atom stereocenters. The van der Waals surface area contributed by atoms with Crippen LogP contribution in [-0.4, -0.2) is 26.6 Å². The van der Waals surface area contributed by atoms with Crippen molar-refractivity contribution in [1.29, 1.82) is 0 Å². The van der Waals surface area contributed by atoms with Crippen molar-refractivity contribution in [2.75, 3.05) is 0 Å². The van der Waals surface area contributed by atoms with E-state index >= 15 is 0 Å². The summed E-state index contributed by atoms with van der Waals surface area (Å²) in [6.45, 7) is 0.212. The van der Waals surface area contributed by atoms with Crippen LogP contribution < -0.4 is 5.32 Å². The molecule has 1 aliphatic carbocycles. The maximum absolute atomic E-state index is 12.1. The average molecular weight is 273 g/mol. The van der Waals surface area contributed by atoms with Gasteiger partial charge >= 0.3 is 0 Å². The molecule has 5 nitrogen and oxygen atoms in total. The van der Waals surface area contributed by atoms with E-state index in [1.807, 2.05) is 22.9 Å². The van der Waals surface area contributed by atoms with Gasteiger partial charge in [-0.25, -0.2) is 4.98 Å². The summed E-state index contributed by atoms with van der Waals surface area (Å²) in [5.41, 5.74) is 1.56. The molecule has 0 aromatic carbocycles. The highest BCUT2D eigenvalue weighted by Crippen LogP contribution is 2.20. The van der Waals surface area contributed by atoms with Crippen LogP contribution in [-0.2, 0) is 17.9 Å². The van der Waals surface area contributed by atoms with Crippen molar-refractivity contribution in [3.63, 3.8) is 0 Å². The Morgan fingerprint density at radius 2 is 2.25 bits per heavy atom. The highest BCUT2D eigenvalue weighted by Gasteiger charge is 2.18. The second kappa shape index (κ2) is 5.63. The van der Waals surface area contributed by atoms with Gasteiger partial charge in [-0.05, 0) is 25.0 Å². The average Bonchev–Trinajstić information content (AvgIpc) is 3.07. The first-order chi connectivity index (χ1) is 9.78. The van der Waals surface area contributed by atoms with Gasteiger partial charge in [0.05, 0.1) is 6.61 Å². The molecule has 2 aromatic heterocycles. The summed E-state index contributed by atoms with van der Waals surface area (Å²) in [5.74, 6) is 0.0175. The zero-order valence-electron chi connectivity index (χ0n) is 11.4. The van der Waals surface area contributed by atoms with Gasteiger partial charge in [-0.3, -0.25) is 4.79 Å². The lowest BCUT2D eigenvalue weighted by atomic mass is 10.2. The summed E-state index contributed by atoms with van der Waals surface area (Å²) < 4.78 is 1.81. The van der Waals surface area contributed by atoms with Gasteiger partial charge in [0.2, 0.25) is 5.91 Å². The smallest absolute Gasteiger partial charge is 0.240 e. The molecule has 106 valence electrons. The number of nitrogens with one attached hydrogen (secondary N) is 1. The molecule has 2 aromatic rings. The van der Waals surface area contributed by atoms with Gasteiger partial charge in [-0.2, -0.15) is 0 Å². The monoisotopic (exact) mass is 273 g/mol. The SMILES string of the molecule is O=C(Cn1cc(CO)c2cccnc21)NC1CCCC1. The minimum absolute atomic E-state index is 0.0175. The normalized spacial score (nSPS) is 15.8. The summed E-state index contributed by atoms with van der Waals surface area (Å²) in [4.78, 5) is 16.4. The van der Waals surface area contributed by atoms with E-state index in [0.717, 1.165) is 29.4 Å². The van der Waals surface area contributed by atoms with Crippen LogP contribution in [0.1, 0.15) is 31.2 Å². The maximum Gasteiger partial charge on any atom is 0.240 e. The zero-order chi connectivity index (χ0) is 13.9. The van der Waals surface area contributed by atoms with Crippen molar-refractivity contribution in [1.82, 2.24) is 14.9 Å². The summed E-state index contributed by atoms with van der Waals surface area (Å²) in [5, 5.41) is 13.3. The molecule has 0 spiro atoms. The van der Waals surface area contributed by atoms with E-state index in [2.05, 4.69) is 10.3 Å². The number of rotatable bonds is 4. The number of pyridine rings is 1. The molecule has 1 aliphatic rings. The molecule has 2 N–H and O–H groups in total. The Morgan fingerprint density at radius 1 is 1.45 bits per heavy atom. The van der Waals surface area contributed by atoms with Crippen LogP contribution in [0.3, 0.4) is 0 Å². The first-order valence-corrected chi connectivity index (χ1v) is 7.11. The standard InChI is InChI=1S/C15H19N3O2/c19-10-11-8-18(15-13(11)6-3-7-16-15)9-14(20)17-12-4-1-2-5-12/h3,6-8,12,19H,1-2,4-5,9-10H2,(H,17,20). The van der Waals surface area contributed by atoms with E-state index in [0.29, 0.717) is 6.04 Å². The maximum atomic E-state index is 12.1. The molecule has 0 saturated heterocycles. The van der Waals surface area contributed by atoms with Gasteiger partial charge in [-0.15, -0.1) is 0 Å². The first-order valence-electron chi connectivity index (χ1n) is 7.11. The fourth-order valence-corrected chi connectivity index (χ4v) is 2.94. The van der Waals surface area contributed by atoms with Crippen molar-refractivity contribution in [2.45, 2.75) is 44.9 Å². The van der Waals surface area contributed by atoms with Crippen molar-refractivity contribution < 1.29 is 9.90 Å². The first kappa shape index (κ1) is 13.1. The van der Waals surface area contributed by atoms with E-state index in [1.54, 1.807) is 6.20 Å². The van der Waals surface area contributed by atoms with Gasteiger partial charge < -0.3 is 15.0 Å². The second-order valence-corrected chi connectivity index (χ2v) is 5.36. The van der Waals surface area contributed by atoms with Crippen molar-refractivity contribution in [2.24, 2.45) is 0 Å². The zero-order valence-corrected chi connectivity index (χ0v) is 11.4. The Balaban J connectivity index is 1.78. The lowest BCUT2D eigenvalue weighted by molar-refractivity contribution is -0.122. The van der Waals surface area contributed by atoms with Crippen LogP contribution in [0.5, 0.6) is 0 Å². The Bertz CT molecular complexity index is 615. The van der Waals surface area contributed by atoms with Gasteiger partial charge in [0.25, 0.3) is 0 Å². The third kappa shape index (κ3) is 2.54. The van der Waals surface area contributed by atoms with Crippen molar-refractivity contribution in [3.05, 3.63) is 30.1 Å². The van der Waals surface area contributed by atoms with Crippen LogP contribution in [0, 0.1) is 0 Å². The highest BCUT2D eigenvalue weighted by molar-refractivity contribution is 5.83. The molecule has 1 fully saturated rings. The number of aliphatic hydroxyl groups is 1. The largest absolute Gasteiger partial charge is 0.392 e. The lowest BCUT2D eigenvalue weighted by Crippen LogP contribution is -2.35. The number of carbonyl (C=O) groups is 1. The summed E-state index contributed by atoms with van der Waals surface area (Å²) in [7, 11) is 0. The molecule has 3 rings (SSSR count). The minimum atomic E-state index is -0.0422. The van der Waals surface area contributed by atoms with Gasteiger partial charge in [0.1, 0.15) is 12.2 Å². The fourth-order valence-electron chi connectivity index (χ4n) is 2.94. The van der Waals surface area contributed by atoms with Gasteiger partial charge in [-0.1, -0.05) is 12.8 Å². The Kier molecular flexibility index (Phi) is 3.69. The Labute approximate surface area is 117 Å². The van der Waals surface area contributed by atoms with E-state index in [9.17, 15) is 9.90 Å². The van der Waals surface area contributed by atoms with E-state index in [-0.39, 0.29) is 19.1 Å².